The van der Waals surface area contributed by atoms with Crippen LogP contribution in [0.25, 0.3) is 0 Å². The zero-order valence-corrected chi connectivity index (χ0v) is 8.56. The molecule has 66 valence electrons. The number of carbonyl (C=O) groups is 1. The molecule has 1 amide bonds. The first-order valence-corrected chi connectivity index (χ1v) is 4.48. The Hall–Kier alpha value is -0.770. The van der Waals surface area contributed by atoms with Crippen LogP contribution in [-0.4, -0.2) is 12.5 Å². The first kappa shape index (κ1) is 9.32. The summed E-state index contributed by atoms with van der Waals surface area (Å²) in [6, 6.07) is 1.67. The van der Waals surface area contributed by atoms with Gasteiger partial charge in [-0.15, -0.1) is 0 Å². The van der Waals surface area contributed by atoms with Crippen LogP contribution >= 0.6 is 15.9 Å². The predicted molar refractivity (Wildman–Crippen MR) is 49.2 cm³/mol. The predicted octanol–water partition coefficient (Wildman–Crippen LogP) is 2.10. The molecule has 3 nitrogen and oxygen atoms in total. The second-order valence-electron chi connectivity index (χ2n) is 2.38. The highest BCUT2D eigenvalue weighted by molar-refractivity contribution is 9.10. The molecule has 0 saturated carbocycles. The molecule has 0 aliphatic rings. The second-order valence-corrected chi connectivity index (χ2v) is 3.16. The summed E-state index contributed by atoms with van der Waals surface area (Å²) in [5, 5.41) is 2.70. The van der Waals surface area contributed by atoms with E-state index in [0.717, 1.165) is 0 Å². The molecule has 12 heavy (non-hydrogen) atoms. The van der Waals surface area contributed by atoms with E-state index in [1.54, 1.807) is 13.0 Å². The van der Waals surface area contributed by atoms with Crippen molar-refractivity contribution in [2.75, 3.05) is 6.54 Å². The minimum absolute atomic E-state index is 0.0931. The lowest BCUT2D eigenvalue weighted by atomic mass is 10.2. The van der Waals surface area contributed by atoms with E-state index in [2.05, 4.69) is 21.2 Å². The number of halogens is 1. The standard InChI is InChI=1S/C8H10BrNO2/c1-3-10-8(11)6-4-7(9)12-5(6)2/h4H,3H2,1-2H3,(H,10,11). The maximum absolute atomic E-state index is 11.3. The summed E-state index contributed by atoms with van der Waals surface area (Å²) in [6.07, 6.45) is 0. The summed E-state index contributed by atoms with van der Waals surface area (Å²) >= 11 is 3.16. The Morgan fingerprint density at radius 2 is 2.42 bits per heavy atom. The molecule has 0 aliphatic carbocycles. The van der Waals surface area contributed by atoms with Crippen LogP contribution in [0.3, 0.4) is 0 Å². The highest BCUT2D eigenvalue weighted by Gasteiger charge is 2.12. The molecule has 1 aromatic heterocycles. The van der Waals surface area contributed by atoms with Crippen LogP contribution in [0.4, 0.5) is 0 Å². The van der Waals surface area contributed by atoms with Crippen molar-refractivity contribution in [2.24, 2.45) is 0 Å². The molecule has 0 bridgehead atoms. The number of hydrogen-bond acceptors (Lipinski definition) is 2. The van der Waals surface area contributed by atoms with Gasteiger partial charge in [-0.25, -0.2) is 0 Å². The van der Waals surface area contributed by atoms with Gasteiger partial charge < -0.3 is 9.73 Å². The Morgan fingerprint density at radius 3 is 2.83 bits per heavy atom. The van der Waals surface area contributed by atoms with Gasteiger partial charge in [-0.1, -0.05) is 0 Å². The van der Waals surface area contributed by atoms with Gasteiger partial charge >= 0.3 is 0 Å². The van der Waals surface area contributed by atoms with E-state index >= 15 is 0 Å². The molecule has 0 unspecified atom stereocenters. The van der Waals surface area contributed by atoms with Crippen LogP contribution in [-0.2, 0) is 0 Å². The summed E-state index contributed by atoms with van der Waals surface area (Å²) in [5.41, 5.74) is 0.587. The van der Waals surface area contributed by atoms with Crippen LogP contribution in [0.5, 0.6) is 0 Å². The molecule has 0 radical (unpaired) electrons. The van der Waals surface area contributed by atoms with Gasteiger partial charge in [0, 0.05) is 12.6 Å². The minimum Gasteiger partial charge on any atom is -0.454 e. The normalized spacial score (nSPS) is 9.92. The highest BCUT2D eigenvalue weighted by atomic mass is 79.9. The molecule has 0 atom stereocenters. The van der Waals surface area contributed by atoms with Crippen molar-refractivity contribution in [2.45, 2.75) is 13.8 Å². The topological polar surface area (TPSA) is 42.2 Å². The van der Waals surface area contributed by atoms with Crippen molar-refractivity contribution in [3.8, 4) is 0 Å². The van der Waals surface area contributed by atoms with Crippen molar-refractivity contribution < 1.29 is 9.21 Å². The van der Waals surface area contributed by atoms with Gasteiger partial charge in [0.1, 0.15) is 5.76 Å². The van der Waals surface area contributed by atoms with E-state index in [0.29, 0.717) is 22.5 Å². The molecule has 1 aromatic rings. The van der Waals surface area contributed by atoms with E-state index in [-0.39, 0.29) is 5.91 Å². The highest BCUT2D eigenvalue weighted by Crippen LogP contribution is 2.19. The number of aryl methyl sites for hydroxylation is 1. The van der Waals surface area contributed by atoms with Gasteiger partial charge in [-0.05, 0) is 29.8 Å². The maximum atomic E-state index is 11.3. The van der Waals surface area contributed by atoms with Crippen LogP contribution < -0.4 is 5.32 Å². The molecule has 1 rings (SSSR count). The summed E-state index contributed by atoms with van der Waals surface area (Å²) in [4.78, 5) is 11.3. The van der Waals surface area contributed by atoms with Crippen LogP contribution in [0, 0.1) is 6.92 Å². The molecule has 0 aromatic carbocycles. The van der Waals surface area contributed by atoms with Crippen molar-refractivity contribution in [1.82, 2.24) is 5.32 Å². The van der Waals surface area contributed by atoms with Gasteiger partial charge in [0.2, 0.25) is 0 Å². The molecule has 4 heteroatoms. The Morgan fingerprint density at radius 1 is 1.75 bits per heavy atom. The van der Waals surface area contributed by atoms with Gasteiger partial charge in [-0.2, -0.15) is 0 Å². The summed E-state index contributed by atoms with van der Waals surface area (Å²) in [7, 11) is 0. The molecule has 0 fully saturated rings. The Balaban J connectivity index is 2.87. The first-order valence-electron chi connectivity index (χ1n) is 3.69. The maximum Gasteiger partial charge on any atom is 0.254 e. The summed E-state index contributed by atoms with van der Waals surface area (Å²) in [5.74, 6) is 0.539. The van der Waals surface area contributed by atoms with Crippen LogP contribution in [0.15, 0.2) is 15.2 Å². The molecule has 0 saturated heterocycles. The molecule has 1 heterocycles. The van der Waals surface area contributed by atoms with E-state index in [4.69, 9.17) is 4.42 Å². The summed E-state index contributed by atoms with van der Waals surface area (Å²) in [6.45, 7) is 4.26. The third-order valence-electron chi connectivity index (χ3n) is 1.47. The number of carbonyl (C=O) groups excluding carboxylic acids is 1. The molecule has 0 aliphatic heterocycles. The fraction of sp³-hybridized carbons (Fsp3) is 0.375. The zero-order valence-electron chi connectivity index (χ0n) is 6.98. The lowest BCUT2D eigenvalue weighted by Gasteiger charge is -1.97. The largest absolute Gasteiger partial charge is 0.454 e. The van der Waals surface area contributed by atoms with Crippen LogP contribution in [0.1, 0.15) is 23.0 Å². The molecular weight excluding hydrogens is 222 g/mol. The minimum atomic E-state index is -0.0931. The number of amides is 1. The van der Waals surface area contributed by atoms with Crippen molar-refractivity contribution in [3.63, 3.8) is 0 Å². The van der Waals surface area contributed by atoms with Crippen molar-refractivity contribution in [3.05, 3.63) is 22.1 Å². The Bertz CT molecular complexity index is 293. The van der Waals surface area contributed by atoms with E-state index in [1.807, 2.05) is 6.92 Å². The smallest absolute Gasteiger partial charge is 0.254 e. The fourth-order valence-electron chi connectivity index (χ4n) is 0.927. The van der Waals surface area contributed by atoms with E-state index in [1.165, 1.54) is 0 Å². The number of hydrogen-bond donors (Lipinski definition) is 1. The lowest BCUT2D eigenvalue weighted by Crippen LogP contribution is -2.22. The average molecular weight is 232 g/mol. The summed E-state index contributed by atoms with van der Waals surface area (Å²) < 4.78 is 5.72. The van der Waals surface area contributed by atoms with E-state index < -0.39 is 0 Å². The SMILES string of the molecule is CCNC(=O)c1cc(Br)oc1C. The van der Waals surface area contributed by atoms with Gasteiger partial charge in [0.05, 0.1) is 5.56 Å². The average Bonchev–Trinajstić information content (AvgIpc) is 2.30. The van der Waals surface area contributed by atoms with Crippen molar-refractivity contribution >= 4 is 21.8 Å². The number of rotatable bonds is 2. The van der Waals surface area contributed by atoms with Gasteiger partial charge in [0.15, 0.2) is 4.67 Å². The lowest BCUT2D eigenvalue weighted by molar-refractivity contribution is 0.0954. The Labute approximate surface area is 79.3 Å². The van der Waals surface area contributed by atoms with Crippen molar-refractivity contribution in [1.29, 1.82) is 0 Å². The van der Waals surface area contributed by atoms with Gasteiger partial charge in [-0.3, -0.25) is 4.79 Å². The van der Waals surface area contributed by atoms with E-state index in [9.17, 15) is 4.79 Å². The quantitative estimate of drug-likeness (QED) is 0.848. The number of furan rings is 1. The molecule has 0 spiro atoms. The fourth-order valence-corrected chi connectivity index (χ4v) is 1.40. The first-order chi connectivity index (χ1) is 5.65. The Kier molecular flexibility index (Phi) is 2.92. The number of nitrogens with one attached hydrogen (secondary N) is 1. The van der Waals surface area contributed by atoms with Crippen LogP contribution in [0.2, 0.25) is 0 Å². The monoisotopic (exact) mass is 231 g/mol. The zero-order chi connectivity index (χ0) is 9.14. The third-order valence-corrected chi connectivity index (χ3v) is 1.86. The van der Waals surface area contributed by atoms with Gasteiger partial charge in [0.25, 0.3) is 5.91 Å². The third kappa shape index (κ3) is 1.88. The molecular formula is C8H10BrNO2. The molecule has 1 N–H and O–H groups in total. The second kappa shape index (κ2) is 3.76.